The van der Waals surface area contributed by atoms with Gasteiger partial charge in [0.15, 0.2) is 0 Å². The van der Waals surface area contributed by atoms with Crippen LogP contribution in [-0.4, -0.2) is 40.9 Å². The van der Waals surface area contributed by atoms with E-state index in [1.165, 1.54) is 11.1 Å². The van der Waals surface area contributed by atoms with Crippen molar-refractivity contribution in [2.24, 2.45) is 0 Å². The predicted molar refractivity (Wildman–Crippen MR) is 66.5 cm³/mol. The molecule has 7 heteroatoms. The average molecular weight is 308 g/mol. The minimum Gasteiger partial charge on any atom is -0.358 e. The average Bonchev–Trinajstić information content (AvgIpc) is 2.22. The van der Waals surface area contributed by atoms with Crippen molar-refractivity contribution in [3.63, 3.8) is 0 Å². The number of anilines is 1. The lowest BCUT2D eigenvalue weighted by molar-refractivity contribution is -0.129. The molecule has 0 radical (unpaired) electrons. The molecule has 0 saturated heterocycles. The largest absolute Gasteiger partial charge is 0.358 e. The Labute approximate surface area is 107 Å². The summed E-state index contributed by atoms with van der Waals surface area (Å²) in [5.74, 6) is 0.462. The van der Waals surface area contributed by atoms with Crippen LogP contribution >= 0.6 is 27.5 Å². The molecule has 88 valence electrons. The van der Waals surface area contributed by atoms with E-state index < -0.39 is 0 Å². The van der Waals surface area contributed by atoms with Gasteiger partial charge in [-0.15, -0.1) is 0 Å². The van der Waals surface area contributed by atoms with Gasteiger partial charge in [-0.3, -0.25) is 4.79 Å². The first kappa shape index (κ1) is 13.2. The molecular weight excluding hydrogens is 295 g/mol. The quantitative estimate of drug-likeness (QED) is 0.865. The Balaban J connectivity index is 2.80. The highest BCUT2D eigenvalue weighted by molar-refractivity contribution is 9.10. The van der Waals surface area contributed by atoms with Gasteiger partial charge in [0.25, 0.3) is 0 Å². The number of hydrogen-bond acceptors (Lipinski definition) is 4. The Morgan fingerprint density at radius 2 is 2.25 bits per heavy atom. The first-order valence-electron chi connectivity index (χ1n) is 4.57. The number of hydrogen-bond donors (Lipinski definition) is 1. The van der Waals surface area contributed by atoms with E-state index in [0.29, 0.717) is 10.3 Å². The Morgan fingerprint density at radius 3 is 2.81 bits per heavy atom. The van der Waals surface area contributed by atoms with Gasteiger partial charge >= 0.3 is 0 Å². The second-order valence-electron chi connectivity index (χ2n) is 3.43. The fraction of sp³-hybridized carbons (Fsp3) is 0.444. The number of nitrogens with one attached hydrogen (secondary N) is 1. The lowest BCUT2D eigenvalue weighted by Gasteiger charge is -2.18. The number of aromatic nitrogens is 2. The number of carbonyl (C=O) groups excluding carboxylic acids is 1. The van der Waals surface area contributed by atoms with Crippen LogP contribution in [0.3, 0.4) is 0 Å². The van der Waals surface area contributed by atoms with Gasteiger partial charge < -0.3 is 10.2 Å². The van der Waals surface area contributed by atoms with E-state index in [1.54, 1.807) is 21.0 Å². The zero-order valence-corrected chi connectivity index (χ0v) is 11.5. The molecule has 0 bridgehead atoms. The van der Waals surface area contributed by atoms with Crippen LogP contribution in [0, 0.1) is 0 Å². The van der Waals surface area contributed by atoms with Gasteiger partial charge in [0.05, 0.1) is 4.47 Å². The highest BCUT2D eigenvalue weighted by Crippen LogP contribution is 2.20. The van der Waals surface area contributed by atoms with Crippen LogP contribution in [0.1, 0.15) is 6.92 Å². The summed E-state index contributed by atoms with van der Waals surface area (Å²) < 4.78 is 0.662. The molecule has 0 aliphatic heterocycles. The molecule has 0 spiro atoms. The van der Waals surface area contributed by atoms with E-state index in [1.807, 2.05) is 0 Å². The highest BCUT2D eigenvalue weighted by atomic mass is 79.9. The number of nitrogens with zero attached hydrogens (tertiary/aromatic N) is 3. The van der Waals surface area contributed by atoms with Crippen molar-refractivity contribution in [1.29, 1.82) is 0 Å². The Bertz CT molecular complexity index is 399. The number of amides is 1. The van der Waals surface area contributed by atoms with E-state index in [0.717, 1.165) is 0 Å². The second-order valence-corrected chi connectivity index (χ2v) is 4.63. The van der Waals surface area contributed by atoms with E-state index in [2.05, 4.69) is 31.2 Å². The first-order chi connectivity index (χ1) is 7.41. The molecule has 5 nitrogen and oxygen atoms in total. The van der Waals surface area contributed by atoms with E-state index in [-0.39, 0.29) is 17.2 Å². The fourth-order valence-electron chi connectivity index (χ4n) is 1.10. The molecule has 0 aromatic carbocycles. The molecule has 1 rings (SSSR count). The van der Waals surface area contributed by atoms with Crippen molar-refractivity contribution in [2.75, 3.05) is 19.4 Å². The monoisotopic (exact) mass is 306 g/mol. The molecule has 16 heavy (non-hydrogen) atoms. The molecule has 1 heterocycles. The number of halogens is 2. The van der Waals surface area contributed by atoms with Crippen molar-refractivity contribution in [1.82, 2.24) is 14.9 Å². The van der Waals surface area contributed by atoms with Gasteiger partial charge in [-0.25, -0.2) is 4.98 Å². The van der Waals surface area contributed by atoms with E-state index in [4.69, 9.17) is 11.6 Å². The molecule has 0 fully saturated rings. The third-order valence-electron chi connectivity index (χ3n) is 1.88. The minimum absolute atomic E-state index is 0.0402. The van der Waals surface area contributed by atoms with Gasteiger partial charge in [-0.2, -0.15) is 4.98 Å². The minimum atomic E-state index is -0.378. The number of rotatable bonds is 3. The summed E-state index contributed by atoms with van der Waals surface area (Å²) in [4.78, 5) is 20.9. The fourth-order valence-corrected chi connectivity index (χ4v) is 1.54. The second kappa shape index (κ2) is 5.45. The van der Waals surface area contributed by atoms with E-state index >= 15 is 0 Å². The lowest BCUT2D eigenvalue weighted by atomic mass is 10.3. The summed E-state index contributed by atoms with van der Waals surface area (Å²) in [6.45, 7) is 1.75. The lowest BCUT2D eigenvalue weighted by Crippen LogP contribution is -2.36. The maximum absolute atomic E-state index is 11.6. The van der Waals surface area contributed by atoms with Gasteiger partial charge in [0.2, 0.25) is 11.2 Å². The Kier molecular flexibility index (Phi) is 4.49. The predicted octanol–water partition coefficient (Wildman–Crippen LogP) is 1.78. The normalized spacial score (nSPS) is 12.1. The van der Waals surface area contributed by atoms with E-state index in [9.17, 15) is 4.79 Å². The van der Waals surface area contributed by atoms with Gasteiger partial charge in [0.1, 0.15) is 11.9 Å². The Morgan fingerprint density at radius 1 is 1.62 bits per heavy atom. The van der Waals surface area contributed by atoms with Crippen molar-refractivity contribution in [3.05, 3.63) is 16.0 Å². The smallest absolute Gasteiger partial charge is 0.244 e. The highest BCUT2D eigenvalue weighted by Gasteiger charge is 2.16. The summed E-state index contributed by atoms with van der Waals surface area (Å²) in [7, 11) is 3.39. The summed E-state index contributed by atoms with van der Waals surface area (Å²) in [6.07, 6.45) is 1.53. The van der Waals surface area contributed by atoms with Crippen LogP contribution in [0.4, 0.5) is 5.82 Å². The number of likely N-dealkylation sites (N-methyl/N-ethyl adjacent to an activating group) is 1. The summed E-state index contributed by atoms with van der Waals surface area (Å²) in [5, 5.41) is 3.09. The summed E-state index contributed by atoms with van der Waals surface area (Å²) in [6, 6.07) is -0.378. The molecule has 1 aromatic rings. The van der Waals surface area contributed by atoms with Crippen LogP contribution in [0.5, 0.6) is 0 Å². The Hall–Kier alpha value is -0.880. The first-order valence-corrected chi connectivity index (χ1v) is 5.74. The molecule has 0 aliphatic rings. The van der Waals surface area contributed by atoms with Crippen molar-refractivity contribution >= 4 is 39.3 Å². The third kappa shape index (κ3) is 3.31. The van der Waals surface area contributed by atoms with Crippen molar-refractivity contribution in [2.45, 2.75) is 13.0 Å². The SMILES string of the molecule is CC(Nc1nc(Cl)ncc1Br)C(=O)N(C)C. The molecule has 0 saturated carbocycles. The maximum atomic E-state index is 11.6. The zero-order valence-electron chi connectivity index (χ0n) is 9.16. The van der Waals surface area contributed by atoms with Crippen LogP contribution in [0.25, 0.3) is 0 Å². The molecule has 0 aliphatic carbocycles. The third-order valence-corrected chi connectivity index (χ3v) is 2.64. The molecule has 1 N–H and O–H groups in total. The molecule has 1 unspecified atom stereocenters. The molecular formula is C9H12BrClN4O. The van der Waals surface area contributed by atoms with Crippen molar-refractivity contribution in [3.8, 4) is 0 Å². The summed E-state index contributed by atoms with van der Waals surface area (Å²) in [5.41, 5.74) is 0. The maximum Gasteiger partial charge on any atom is 0.244 e. The summed E-state index contributed by atoms with van der Waals surface area (Å²) >= 11 is 8.94. The van der Waals surface area contributed by atoms with Crippen LogP contribution in [0.2, 0.25) is 5.28 Å². The standard InChI is InChI=1S/C9H12BrClN4O/c1-5(8(16)15(2)3)13-7-6(10)4-12-9(11)14-7/h4-5H,1-3H3,(H,12,13,14). The van der Waals surface area contributed by atoms with Crippen LogP contribution in [0.15, 0.2) is 10.7 Å². The molecule has 1 amide bonds. The molecule has 1 aromatic heterocycles. The van der Waals surface area contributed by atoms with Gasteiger partial charge in [0, 0.05) is 20.3 Å². The van der Waals surface area contributed by atoms with Crippen molar-refractivity contribution < 1.29 is 4.79 Å². The van der Waals surface area contributed by atoms with Crippen LogP contribution in [-0.2, 0) is 4.79 Å². The topological polar surface area (TPSA) is 58.1 Å². The molecule has 1 atom stereocenters. The zero-order chi connectivity index (χ0) is 12.3. The van der Waals surface area contributed by atoms with Gasteiger partial charge in [-0.1, -0.05) is 0 Å². The van der Waals surface area contributed by atoms with Gasteiger partial charge in [-0.05, 0) is 34.5 Å². The number of carbonyl (C=O) groups is 1. The van der Waals surface area contributed by atoms with Crippen LogP contribution < -0.4 is 5.32 Å².